The summed E-state index contributed by atoms with van der Waals surface area (Å²) in [5, 5.41) is 0. The van der Waals surface area contributed by atoms with E-state index in [0.717, 1.165) is 22.6 Å². The first-order chi connectivity index (χ1) is 7.93. The van der Waals surface area contributed by atoms with Gasteiger partial charge in [-0.1, -0.05) is 13.0 Å². The Hall–Kier alpha value is -1.51. The van der Waals surface area contributed by atoms with Gasteiger partial charge >= 0.3 is 0 Å². The highest BCUT2D eigenvalue weighted by Gasteiger charge is 2.28. The number of fused-ring (bicyclic) bond motifs is 1. The molecule has 92 valence electrons. The summed E-state index contributed by atoms with van der Waals surface area (Å²) in [4.78, 5) is 13.9. The van der Waals surface area contributed by atoms with E-state index in [1.165, 1.54) is 5.56 Å². The zero-order valence-corrected chi connectivity index (χ0v) is 11.1. The van der Waals surface area contributed by atoms with Gasteiger partial charge in [0.05, 0.1) is 18.2 Å². The molecule has 1 unspecified atom stereocenters. The van der Waals surface area contributed by atoms with E-state index in [9.17, 15) is 4.79 Å². The molecule has 1 amide bonds. The van der Waals surface area contributed by atoms with Crippen molar-refractivity contribution in [2.45, 2.75) is 27.7 Å². The van der Waals surface area contributed by atoms with Crippen molar-refractivity contribution in [1.29, 1.82) is 0 Å². The van der Waals surface area contributed by atoms with Crippen LogP contribution in [0.4, 0.5) is 5.69 Å². The number of nitrogens with zero attached hydrogens (tertiary/aromatic N) is 1. The maximum absolute atomic E-state index is 12.1. The number of carbonyl (C=O) groups excluding carboxylic acids is 1. The summed E-state index contributed by atoms with van der Waals surface area (Å²) in [5.74, 6) is 0.886. The molecule has 0 saturated carbocycles. The van der Waals surface area contributed by atoms with Gasteiger partial charge in [-0.3, -0.25) is 4.79 Å². The molecule has 0 aliphatic carbocycles. The fourth-order valence-electron chi connectivity index (χ4n) is 2.35. The molecule has 3 heteroatoms. The standard InChI is InChI=1S/C14H19NO2/c1-8-6-9(2)13-12(11(8)4)15(5)14(16)10(3)7-17-13/h6,10H,7H2,1-5H3. The van der Waals surface area contributed by atoms with Crippen LogP contribution in [0, 0.1) is 26.7 Å². The van der Waals surface area contributed by atoms with Crippen molar-refractivity contribution in [3.63, 3.8) is 0 Å². The van der Waals surface area contributed by atoms with Gasteiger partial charge in [-0.2, -0.15) is 0 Å². The molecule has 1 heterocycles. The van der Waals surface area contributed by atoms with Crippen LogP contribution in [-0.4, -0.2) is 19.6 Å². The molecule has 2 rings (SSSR count). The molecule has 0 fully saturated rings. The normalized spacial score (nSPS) is 19.7. The third-order valence-electron chi connectivity index (χ3n) is 3.52. The van der Waals surface area contributed by atoms with Crippen LogP contribution in [0.25, 0.3) is 0 Å². The molecule has 0 aromatic heterocycles. The predicted molar refractivity (Wildman–Crippen MR) is 68.7 cm³/mol. The van der Waals surface area contributed by atoms with Gasteiger partial charge < -0.3 is 9.64 Å². The lowest BCUT2D eigenvalue weighted by molar-refractivity contribution is -0.122. The van der Waals surface area contributed by atoms with Crippen LogP contribution in [0.3, 0.4) is 0 Å². The topological polar surface area (TPSA) is 29.5 Å². The molecule has 1 aliphatic heterocycles. The number of amides is 1. The van der Waals surface area contributed by atoms with Gasteiger partial charge in [0, 0.05) is 7.05 Å². The second-order valence-corrected chi connectivity index (χ2v) is 4.92. The first-order valence-corrected chi connectivity index (χ1v) is 5.94. The van der Waals surface area contributed by atoms with Gasteiger partial charge in [-0.15, -0.1) is 0 Å². The van der Waals surface area contributed by atoms with Gasteiger partial charge in [0.15, 0.2) is 0 Å². The SMILES string of the molecule is Cc1cc(C)c2c(c1C)N(C)C(=O)C(C)CO2. The summed E-state index contributed by atoms with van der Waals surface area (Å²) in [6.07, 6.45) is 0. The molecule has 0 bridgehead atoms. The van der Waals surface area contributed by atoms with Crippen LogP contribution in [0.15, 0.2) is 6.07 Å². The second-order valence-electron chi connectivity index (χ2n) is 4.92. The van der Waals surface area contributed by atoms with Gasteiger partial charge in [-0.05, 0) is 37.5 Å². The molecule has 1 aromatic rings. The molecular weight excluding hydrogens is 214 g/mol. The van der Waals surface area contributed by atoms with Crippen molar-refractivity contribution in [2.75, 3.05) is 18.6 Å². The monoisotopic (exact) mass is 233 g/mol. The summed E-state index contributed by atoms with van der Waals surface area (Å²) in [7, 11) is 1.83. The van der Waals surface area contributed by atoms with Crippen molar-refractivity contribution < 1.29 is 9.53 Å². The Morgan fingerprint density at radius 2 is 1.94 bits per heavy atom. The third kappa shape index (κ3) is 1.79. The van der Waals surface area contributed by atoms with E-state index in [2.05, 4.69) is 13.0 Å². The molecular formula is C14H19NO2. The van der Waals surface area contributed by atoms with Crippen molar-refractivity contribution in [3.8, 4) is 5.75 Å². The maximum Gasteiger partial charge on any atom is 0.233 e. The zero-order valence-electron chi connectivity index (χ0n) is 11.1. The Balaban J connectivity index is 2.67. The lowest BCUT2D eigenvalue weighted by atomic mass is 10.0. The molecule has 3 nitrogen and oxygen atoms in total. The van der Waals surface area contributed by atoms with E-state index in [4.69, 9.17) is 4.74 Å². The highest BCUT2D eigenvalue weighted by atomic mass is 16.5. The number of carbonyl (C=O) groups is 1. The number of anilines is 1. The zero-order chi connectivity index (χ0) is 12.7. The van der Waals surface area contributed by atoms with E-state index >= 15 is 0 Å². The molecule has 1 aliphatic rings. The fraction of sp³-hybridized carbons (Fsp3) is 0.500. The average molecular weight is 233 g/mol. The van der Waals surface area contributed by atoms with Gasteiger partial charge in [0.25, 0.3) is 0 Å². The predicted octanol–water partition coefficient (Wildman–Crippen LogP) is 2.60. The molecule has 17 heavy (non-hydrogen) atoms. The van der Waals surface area contributed by atoms with Crippen molar-refractivity contribution in [2.24, 2.45) is 5.92 Å². The van der Waals surface area contributed by atoms with Crippen molar-refractivity contribution >= 4 is 11.6 Å². The Bertz CT molecular complexity index is 480. The second kappa shape index (κ2) is 4.06. The van der Waals surface area contributed by atoms with E-state index in [1.807, 2.05) is 27.8 Å². The number of rotatable bonds is 0. The molecule has 0 radical (unpaired) electrons. The molecule has 0 N–H and O–H groups in total. The molecule has 0 spiro atoms. The third-order valence-corrected chi connectivity index (χ3v) is 3.52. The quantitative estimate of drug-likeness (QED) is 0.689. The van der Waals surface area contributed by atoms with E-state index in [1.54, 1.807) is 4.90 Å². The highest BCUT2D eigenvalue weighted by molar-refractivity contribution is 5.97. The lowest BCUT2D eigenvalue weighted by Crippen LogP contribution is -2.32. The largest absolute Gasteiger partial charge is 0.490 e. The molecule has 1 atom stereocenters. The first-order valence-electron chi connectivity index (χ1n) is 5.94. The summed E-state index contributed by atoms with van der Waals surface area (Å²) in [6.45, 7) is 8.49. The first kappa shape index (κ1) is 12.0. The van der Waals surface area contributed by atoms with Crippen LogP contribution < -0.4 is 9.64 Å². The van der Waals surface area contributed by atoms with Crippen LogP contribution in [-0.2, 0) is 4.79 Å². The average Bonchev–Trinajstić information content (AvgIpc) is 2.39. The maximum atomic E-state index is 12.1. The van der Waals surface area contributed by atoms with E-state index < -0.39 is 0 Å². The lowest BCUT2D eigenvalue weighted by Gasteiger charge is -2.22. The summed E-state index contributed by atoms with van der Waals surface area (Å²) < 4.78 is 5.81. The van der Waals surface area contributed by atoms with Gasteiger partial charge in [-0.25, -0.2) is 0 Å². The minimum absolute atomic E-state index is 0.0912. The fourth-order valence-corrected chi connectivity index (χ4v) is 2.35. The summed E-state index contributed by atoms with van der Waals surface area (Å²) in [6, 6.07) is 2.11. The summed E-state index contributed by atoms with van der Waals surface area (Å²) in [5.41, 5.74) is 4.34. The van der Waals surface area contributed by atoms with Gasteiger partial charge in [0.1, 0.15) is 5.75 Å². The number of benzene rings is 1. The number of hydrogen-bond donors (Lipinski definition) is 0. The van der Waals surface area contributed by atoms with E-state index in [0.29, 0.717) is 6.61 Å². The smallest absolute Gasteiger partial charge is 0.233 e. The Kier molecular flexibility index (Phi) is 2.86. The van der Waals surface area contributed by atoms with Crippen LogP contribution >= 0.6 is 0 Å². The molecule has 0 saturated heterocycles. The van der Waals surface area contributed by atoms with Crippen molar-refractivity contribution in [1.82, 2.24) is 0 Å². The Labute approximate surface area is 102 Å². The van der Waals surface area contributed by atoms with Crippen molar-refractivity contribution in [3.05, 3.63) is 22.8 Å². The number of ether oxygens (including phenoxy) is 1. The minimum atomic E-state index is -0.0912. The summed E-state index contributed by atoms with van der Waals surface area (Å²) >= 11 is 0. The Morgan fingerprint density at radius 1 is 1.29 bits per heavy atom. The number of hydrogen-bond acceptors (Lipinski definition) is 2. The number of aryl methyl sites for hydroxylation is 2. The van der Waals surface area contributed by atoms with Crippen LogP contribution in [0.1, 0.15) is 23.6 Å². The van der Waals surface area contributed by atoms with Crippen LogP contribution in [0.5, 0.6) is 5.75 Å². The Morgan fingerprint density at radius 3 is 2.59 bits per heavy atom. The highest BCUT2D eigenvalue weighted by Crippen LogP contribution is 2.39. The van der Waals surface area contributed by atoms with E-state index in [-0.39, 0.29) is 11.8 Å². The molecule has 1 aromatic carbocycles. The van der Waals surface area contributed by atoms with Crippen LogP contribution in [0.2, 0.25) is 0 Å². The minimum Gasteiger partial charge on any atom is -0.490 e. The van der Waals surface area contributed by atoms with Gasteiger partial charge in [0.2, 0.25) is 5.91 Å².